The molecule has 2 saturated heterocycles. The van der Waals surface area contributed by atoms with Crippen LogP contribution in [0.4, 0.5) is 0 Å². The molecule has 1 amide bonds. The van der Waals surface area contributed by atoms with Crippen LogP contribution in [-0.4, -0.2) is 48.8 Å². The van der Waals surface area contributed by atoms with E-state index in [0.29, 0.717) is 0 Å². The van der Waals surface area contributed by atoms with E-state index in [-0.39, 0.29) is 33.3 Å². The first kappa shape index (κ1) is 22.1. The minimum atomic E-state index is -1.03. The normalized spacial score (nSPS) is 31.2. The standard InChI is InChI=1S/C21H22NO6.Ir/c23-13-22-17-18(24)19-16(12-26-20(28-19)15-9-5-2-6-10-15)27-21(17)25-11-14-7-3-1-4-8-14;/h1-10,16-21,24H,11-12H2,(H,22,23);/q-1;. The van der Waals surface area contributed by atoms with Crippen LogP contribution in [0.15, 0.2) is 60.7 Å². The molecule has 2 aromatic rings. The summed E-state index contributed by atoms with van der Waals surface area (Å²) in [6.07, 6.45) is -2.04. The smallest absolute Gasteiger partial charge is 0.184 e. The van der Waals surface area contributed by atoms with E-state index in [1.165, 1.54) is 0 Å². The summed E-state index contributed by atoms with van der Waals surface area (Å²) in [6, 6.07) is 18.2. The fourth-order valence-electron chi connectivity index (χ4n) is 3.49. The maximum Gasteiger partial charge on any atom is 0.184 e. The van der Waals surface area contributed by atoms with Gasteiger partial charge < -0.3 is 34.2 Å². The SMILES string of the molecule is O=[C-]NC1C(OCc2ccccc2)OC2COC(c3ccccc3)OC2C1O.[Ir]. The number of hydrogen-bond donors (Lipinski definition) is 2. The van der Waals surface area contributed by atoms with Crippen LogP contribution in [0.25, 0.3) is 0 Å². The summed E-state index contributed by atoms with van der Waals surface area (Å²) in [5.41, 5.74) is 1.80. The molecular weight excluding hydrogens is 554 g/mol. The maximum absolute atomic E-state index is 11.0. The van der Waals surface area contributed by atoms with Crippen molar-refractivity contribution in [3.63, 3.8) is 0 Å². The number of nitrogens with one attached hydrogen (secondary N) is 1. The Labute approximate surface area is 182 Å². The molecule has 2 aliphatic heterocycles. The third-order valence-electron chi connectivity index (χ3n) is 4.92. The molecule has 0 spiro atoms. The fourth-order valence-corrected chi connectivity index (χ4v) is 3.49. The Balaban J connectivity index is 0.00000240. The molecule has 7 nitrogen and oxygen atoms in total. The van der Waals surface area contributed by atoms with E-state index in [4.69, 9.17) is 18.9 Å². The van der Waals surface area contributed by atoms with Crippen molar-refractivity contribution >= 4 is 6.41 Å². The predicted octanol–water partition coefficient (Wildman–Crippen LogP) is 1.43. The monoisotopic (exact) mass is 577 g/mol. The van der Waals surface area contributed by atoms with Gasteiger partial charge in [-0.05, 0) is 5.56 Å². The van der Waals surface area contributed by atoms with Gasteiger partial charge in [0, 0.05) is 25.7 Å². The van der Waals surface area contributed by atoms with Crippen LogP contribution in [0.1, 0.15) is 17.4 Å². The van der Waals surface area contributed by atoms with Crippen molar-refractivity contribution in [3.8, 4) is 0 Å². The predicted molar refractivity (Wildman–Crippen MR) is 98.5 cm³/mol. The molecule has 0 bridgehead atoms. The van der Waals surface area contributed by atoms with Crippen molar-refractivity contribution in [2.45, 2.75) is 43.5 Å². The van der Waals surface area contributed by atoms with E-state index in [1.807, 2.05) is 60.7 Å². The maximum atomic E-state index is 11.0. The first-order valence-corrected chi connectivity index (χ1v) is 9.20. The molecule has 2 fully saturated rings. The number of ether oxygens (including phenoxy) is 4. The van der Waals surface area contributed by atoms with Gasteiger partial charge >= 0.3 is 0 Å². The van der Waals surface area contributed by atoms with Crippen molar-refractivity contribution in [3.05, 3.63) is 71.8 Å². The van der Waals surface area contributed by atoms with Crippen molar-refractivity contribution in [1.82, 2.24) is 5.32 Å². The van der Waals surface area contributed by atoms with Crippen molar-refractivity contribution in [2.75, 3.05) is 6.61 Å². The Morgan fingerprint density at radius 3 is 2.45 bits per heavy atom. The minimum absolute atomic E-state index is 0. The second-order valence-corrected chi connectivity index (χ2v) is 6.78. The van der Waals surface area contributed by atoms with Gasteiger partial charge in [-0.2, -0.15) is 6.41 Å². The van der Waals surface area contributed by atoms with E-state index >= 15 is 0 Å². The number of aliphatic hydroxyl groups is 1. The molecule has 2 aliphatic rings. The van der Waals surface area contributed by atoms with Gasteiger partial charge in [0.05, 0.1) is 19.3 Å². The topological polar surface area (TPSA) is 86.3 Å². The second kappa shape index (κ2) is 10.4. The summed E-state index contributed by atoms with van der Waals surface area (Å²) < 4.78 is 23.5. The third-order valence-corrected chi connectivity index (χ3v) is 4.92. The molecule has 2 aromatic carbocycles. The number of carbonyl (C=O) groups excluding carboxylic acids is 1. The van der Waals surface area contributed by atoms with Crippen molar-refractivity contribution in [2.24, 2.45) is 0 Å². The first-order valence-electron chi connectivity index (χ1n) is 9.20. The Hall–Kier alpha value is -1.64. The molecule has 2 heterocycles. The molecule has 0 aliphatic carbocycles. The average molecular weight is 577 g/mol. The number of benzene rings is 2. The zero-order valence-corrected chi connectivity index (χ0v) is 17.9. The van der Waals surface area contributed by atoms with E-state index in [1.54, 1.807) is 6.41 Å². The Kier molecular flexibility index (Phi) is 7.91. The Bertz CT molecular complexity index is 764. The van der Waals surface area contributed by atoms with Crippen LogP contribution in [0.3, 0.4) is 0 Å². The van der Waals surface area contributed by atoms with Crippen LogP contribution in [0.5, 0.6) is 0 Å². The number of hydrogen-bond acceptors (Lipinski definition) is 6. The summed E-state index contributed by atoms with van der Waals surface area (Å²) in [6.45, 7) is 0.519. The van der Waals surface area contributed by atoms with E-state index in [9.17, 15) is 9.90 Å². The molecule has 8 heteroatoms. The Morgan fingerprint density at radius 2 is 1.76 bits per heavy atom. The van der Waals surface area contributed by atoms with Gasteiger partial charge in [-0.1, -0.05) is 60.7 Å². The van der Waals surface area contributed by atoms with Crippen molar-refractivity contribution in [1.29, 1.82) is 0 Å². The number of aliphatic hydroxyl groups excluding tert-OH is 1. The largest absolute Gasteiger partial charge is 0.521 e. The minimum Gasteiger partial charge on any atom is -0.521 e. The summed E-state index contributed by atoms with van der Waals surface area (Å²) in [5.74, 6) is 0. The first-order chi connectivity index (χ1) is 13.8. The summed E-state index contributed by atoms with van der Waals surface area (Å²) >= 11 is 0. The molecule has 6 atom stereocenters. The van der Waals surface area contributed by atoms with Gasteiger partial charge in [0.25, 0.3) is 0 Å². The summed E-state index contributed by atoms with van der Waals surface area (Å²) in [7, 11) is 0. The summed E-state index contributed by atoms with van der Waals surface area (Å²) in [4.78, 5) is 11.0. The van der Waals surface area contributed by atoms with E-state index in [2.05, 4.69) is 5.32 Å². The van der Waals surface area contributed by atoms with Crippen LogP contribution in [0.2, 0.25) is 0 Å². The van der Waals surface area contributed by atoms with Gasteiger partial charge in [-0.25, -0.2) is 0 Å². The molecule has 1 radical (unpaired) electrons. The van der Waals surface area contributed by atoms with Crippen LogP contribution >= 0.6 is 0 Å². The average Bonchev–Trinajstić information content (AvgIpc) is 2.76. The van der Waals surface area contributed by atoms with Crippen LogP contribution < -0.4 is 5.32 Å². The zero-order chi connectivity index (χ0) is 19.3. The van der Waals surface area contributed by atoms with Crippen molar-refractivity contribution < 1.29 is 49.0 Å². The quantitative estimate of drug-likeness (QED) is 0.400. The van der Waals surface area contributed by atoms with Gasteiger partial charge in [-0.15, -0.1) is 0 Å². The van der Waals surface area contributed by atoms with Gasteiger partial charge in [0.2, 0.25) is 0 Å². The molecule has 157 valence electrons. The molecule has 29 heavy (non-hydrogen) atoms. The number of fused-ring (bicyclic) bond motifs is 1. The van der Waals surface area contributed by atoms with E-state index < -0.39 is 36.9 Å². The third kappa shape index (κ3) is 5.10. The fraction of sp³-hybridized carbons (Fsp3) is 0.381. The molecule has 2 N–H and O–H groups in total. The van der Waals surface area contributed by atoms with Gasteiger partial charge in [-0.3, -0.25) is 0 Å². The number of amides is 1. The second-order valence-electron chi connectivity index (χ2n) is 6.78. The summed E-state index contributed by atoms with van der Waals surface area (Å²) in [5, 5.41) is 13.3. The molecule has 6 unspecified atom stereocenters. The molecule has 0 saturated carbocycles. The molecular formula is C21H22IrNO6-. The Morgan fingerprint density at radius 1 is 1.07 bits per heavy atom. The number of rotatable bonds is 6. The van der Waals surface area contributed by atoms with E-state index in [0.717, 1.165) is 11.1 Å². The van der Waals surface area contributed by atoms with Crippen LogP contribution in [-0.2, 0) is 50.5 Å². The van der Waals surface area contributed by atoms with Gasteiger partial charge in [0.15, 0.2) is 12.6 Å². The molecule has 0 aromatic heterocycles. The van der Waals surface area contributed by atoms with Crippen LogP contribution in [0, 0.1) is 0 Å². The zero-order valence-electron chi connectivity index (χ0n) is 15.5. The molecule has 4 rings (SSSR count). The van der Waals surface area contributed by atoms with Gasteiger partial charge in [0.1, 0.15) is 18.3 Å².